The Hall–Kier alpha value is -1.89. The maximum absolute atomic E-state index is 11.7. The number of carbonyl (C=O) groups is 2. The van der Waals surface area contributed by atoms with Crippen LogP contribution in [-0.2, 0) is 4.79 Å². The van der Waals surface area contributed by atoms with E-state index in [9.17, 15) is 9.59 Å². The summed E-state index contributed by atoms with van der Waals surface area (Å²) in [6.07, 6.45) is 4.06. The number of hydrogen-bond acceptors (Lipinski definition) is 4. The Morgan fingerprint density at radius 1 is 1.50 bits per heavy atom. The van der Waals surface area contributed by atoms with Crippen molar-refractivity contribution in [3.05, 3.63) is 23.0 Å². The van der Waals surface area contributed by atoms with E-state index in [-0.39, 0.29) is 12.3 Å². The average Bonchev–Trinajstić information content (AvgIpc) is 2.80. The second-order valence-electron chi connectivity index (χ2n) is 3.91. The predicted octanol–water partition coefficient (Wildman–Crippen LogP) is 1.30. The molecule has 0 spiro atoms. The largest absolute Gasteiger partial charge is 0.481 e. The fraction of sp³-hybridized carbons (Fsp3) is 0.364. The Bertz CT molecular complexity index is 556. The second-order valence-corrected chi connectivity index (χ2v) is 5.12. The SMILES string of the molecule is Cc1cn2cc(C(=O)NCCCC(=O)O)nc2s1. The van der Waals surface area contributed by atoms with Gasteiger partial charge in [0.2, 0.25) is 0 Å². The van der Waals surface area contributed by atoms with Crippen LogP contribution in [-0.4, -0.2) is 32.9 Å². The Kier molecular flexibility index (Phi) is 3.61. The molecule has 2 heterocycles. The maximum atomic E-state index is 11.7. The van der Waals surface area contributed by atoms with Crippen molar-refractivity contribution in [2.24, 2.45) is 0 Å². The van der Waals surface area contributed by atoms with Gasteiger partial charge in [0.25, 0.3) is 5.91 Å². The molecule has 0 saturated carbocycles. The lowest BCUT2D eigenvalue weighted by Gasteiger charge is -2.00. The molecule has 2 aromatic heterocycles. The van der Waals surface area contributed by atoms with Crippen LogP contribution < -0.4 is 5.32 Å². The number of thiazole rings is 1. The van der Waals surface area contributed by atoms with Crippen LogP contribution in [0.4, 0.5) is 0 Å². The van der Waals surface area contributed by atoms with Gasteiger partial charge in [-0.05, 0) is 13.3 Å². The van der Waals surface area contributed by atoms with E-state index in [1.54, 1.807) is 6.20 Å². The molecule has 0 aliphatic rings. The van der Waals surface area contributed by atoms with Crippen molar-refractivity contribution < 1.29 is 14.7 Å². The average molecular weight is 267 g/mol. The third-order valence-electron chi connectivity index (χ3n) is 2.36. The number of imidazole rings is 1. The predicted molar refractivity (Wildman–Crippen MR) is 67.0 cm³/mol. The molecule has 6 nitrogen and oxygen atoms in total. The molecule has 96 valence electrons. The maximum Gasteiger partial charge on any atom is 0.303 e. The topological polar surface area (TPSA) is 83.7 Å². The molecule has 2 N–H and O–H groups in total. The van der Waals surface area contributed by atoms with E-state index >= 15 is 0 Å². The van der Waals surface area contributed by atoms with Crippen LogP contribution in [0.15, 0.2) is 12.4 Å². The van der Waals surface area contributed by atoms with Gasteiger partial charge in [-0.3, -0.25) is 14.0 Å². The Morgan fingerprint density at radius 3 is 2.94 bits per heavy atom. The van der Waals surface area contributed by atoms with Gasteiger partial charge in [0.15, 0.2) is 4.96 Å². The number of aryl methyl sites for hydroxylation is 1. The molecule has 2 aromatic rings. The van der Waals surface area contributed by atoms with E-state index in [1.165, 1.54) is 11.3 Å². The third-order valence-corrected chi connectivity index (χ3v) is 3.27. The molecule has 0 unspecified atom stereocenters. The van der Waals surface area contributed by atoms with Gasteiger partial charge in [0.1, 0.15) is 5.69 Å². The summed E-state index contributed by atoms with van der Waals surface area (Å²) in [5.74, 6) is -1.13. The fourth-order valence-corrected chi connectivity index (χ4v) is 2.36. The molecule has 0 fully saturated rings. The van der Waals surface area contributed by atoms with Gasteiger partial charge in [0, 0.05) is 30.2 Å². The van der Waals surface area contributed by atoms with Gasteiger partial charge < -0.3 is 10.4 Å². The number of fused-ring (bicyclic) bond motifs is 1. The first kappa shape index (κ1) is 12.6. The van der Waals surface area contributed by atoms with E-state index in [1.807, 2.05) is 17.5 Å². The molecular formula is C11H13N3O3S. The number of carbonyl (C=O) groups excluding carboxylic acids is 1. The summed E-state index contributed by atoms with van der Waals surface area (Å²) in [6.45, 7) is 2.32. The first-order valence-corrected chi connectivity index (χ1v) is 6.33. The van der Waals surface area contributed by atoms with Gasteiger partial charge in [-0.25, -0.2) is 4.98 Å². The molecule has 0 radical (unpaired) electrons. The minimum Gasteiger partial charge on any atom is -0.481 e. The summed E-state index contributed by atoms with van der Waals surface area (Å²) in [7, 11) is 0. The smallest absolute Gasteiger partial charge is 0.303 e. The van der Waals surface area contributed by atoms with Gasteiger partial charge in [-0.1, -0.05) is 0 Å². The summed E-state index contributed by atoms with van der Waals surface area (Å²) in [5, 5.41) is 11.1. The number of rotatable bonds is 5. The molecule has 0 bridgehead atoms. The van der Waals surface area contributed by atoms with E-state index in [0.717, 1.165) is 9.84 Å². The molecule has 2 rings (SSSR count). The van der Waals surface area contributed by atoms with E-state index in [0.29, 0.717) is 18.7 Å². The highest BCUT2D eigenvalue weighted by molar-refractivity contribution is 7.17. The van der Waals surface area contributed by atoms with Crippen LogP contribution in [0.2, 0.25) is 0 Å². The fourth-order valence-electron chi connectivity index (χ4n) is 1.55. The van der Waals surface area contributed by atoms with Gasteiger partial charge >= 0.3 is 5.97 Å². The first-order chi connectivity index (χ1) is 8.56. The number of aromatic nitrogens is 2. The second kappa shape index (κ2) is 5.18. The lowest BCUT2D eigenvalue weighted by atomic mass is 10.3. The Labute approximate surface area is 107 Å². The number of aliphatic carboxylic acids is 1. The minimum atomic E-state index is -0.859. The number of nitrogens with zero attached hydrogens (tertiary/aromatic N) is 2. The summed E-state index contributed by atoms with van der Waals surface area (Å²) < 4.78 is 1.81. The molecule has 0 saturated heterocycles. The zero-order valence-corrected chi connectivity index (χ0v) is 10.7. The summed E-state index contributed by atoms with van der Waals surface area (Å²) in [6, 6.07) is 0. The van der Waals surface area contributed by atoms with Gasteiger partial charge in [-0.15, -0.1) is 11.3 Å². The van der Waals surface area contributed by atoms with Gasteiger partial charge in [-0.2, -0.15) is 0 Å². The van der Waals surface area contributed by atoms with Crippen molar-refractivity contribution in [3.8, 4) is 0 Å². The van der Waals surface area contributed by atoms with Gasteiger partial charge in [0.05, 0.1) is 0 Å². The van der Waals surface area contributed by atoms with Crippen LogP contribution in [0.5, 0.6) is 0 Å². The van der Waals surface area contributed by atoms with Crippen LogP contribution in [0.3, 0.4) is 0 Å². The molecule has 0 aliphatic carbocycles. The highest BCUT2D eigenvalue weighted by Crippen LogP contribution is 2.16. The highest BCUT2D eigenvalue weighted by Gasteiger charge is 2.11. The first-order valence-electron chi connectivity index (χ1n) is 5.51. The number of carboxylic acid groups (broad SMARTS) is 1. The van der Waals surface area contributed by atoms with E-state index in [4.69, 9.17) is 5.11 Å². The molecule has 18 heavy (non-hydrogen) atoms. The third kappa shape index (κ3) is 2.86. The van der Waals surface area contributed by atoms with E-state index in [2.05, 4.69) is 10.3 Å². The Balaban J connectivity index is 1.92. The highest BCUT2D eigenvalue weighted by atomic mass is 32.1. The summed E-state index contributed by atoms with van der Waals surface area (Å²) >= 11 is 1.52. The molecule has 0 aromatic carbocycles. The van der Waals surface area contributed by atoms with Crippen molar-refractivity contribution in [2.45, 2.75) is 19.8 Å². The van der Waals surface area contributed by atoms with Crippen molar-refractivity contribution in [1.29, 1.82) is 0 Å². The molecule has 0 atom stereocenters. The monoisotopic (exact) mass is 267 g/mol. The lowest BCUT2D eigenvalue weighted by molar-refractivity contribution is -0.137. The summed E-state index contributed by atoms with van der Waals surface area (Å²) in [5.41, 5.74) is 0.358. The minimum absolute atomic E-state index is 0.0533. The molecule has 0 aliphatic heterocycles. The standard InChI is InChI=1S/C11H13N3O3S/c1-7-5-14-6-8(13-11(14)18-7)10(17)12-4-2-3-9(15)16/h5-6H,2-4H2,1H3,(H,12,17)(H,15,16). The van der Waals surface area contributed by atoms with Crippen LogP contribution in [0.1, 0.15) is 28.2 Å². The van der Waals surface area contributed by atoms with Crippen molar-refractivity contribution in [1.82, 2.24) is 14.7 Å². The molecular weight excluding hydrogens is 254 g/mol. The van der Waals surface area contributed by atoms with E-state index < -0.39 is 5.97 Å². The van der Waals surface area contributed by atoms with Crippen LogP contribution in [0, 0.1) is 6.92 Å². The van der Waals surface area contributed by atoms with Crippen molar-refractivity contribution in [3.63, 3.8) is 0 Å². The number of nitrogens with one attached hydrogen (secondary N) is 1. The molecule has 7 heteroatoms. The lowest BCUT2D eigenvalue weighted by Crippen LogP contribution is -2.25. The zero-order valence-electron chi connectivity index (χ0n) is 9.84. The van der Waals surface area contributed by atoms with Crippen LogP contribution in [0.25, 0.3) is 4.96 Å². The number of amides is 1. The molecule has 1 amide bonds. The number of hydrogen-bond donors (Lipinski definition) is 2. The summed E-state index contributed by atoms with van der Waals surface area (Å²) in [4.78, 5) is 28.1. The zero-order chi connectivity index (χ0) is 13.1. The number of carboxylic acids is 1. The Morgan fingerprint density at radius 2 is 2.28 bits per heavy atom. The van der Waals surface area contributed by atoms with Crippen molar-refractivity contribution >= 4 is 28.2 Å². The quantitative estimate of drug-likeness (QED) is 0.800. The normalized spacial score (nSPS) is 10.7. The van der Waals surface area contributed by atoms with Crippen molar-refractivity contribution in [2.75, 3.05) is 6.54 Å². The van der Waals surface area contributed by atoms with Crippen LogP contribution >= 0.6 is 11.3 Å².